The Morgan fingerprint density at radius 2 is 1.05 bits per heavy atom. The van der Waals surface area contributed by atoms with Gasteiger partial charge in [0.25, 0.3) is 0 Å². The van der Waals surface area contributed by atoms with Crippen LogP contribution in [-0.4, -0.2) is 11.6 Å². The Kier molecular flexibility index (Phi) is 5.04. The molecule has 0 aliphatic heterocycles. The number of rotatable bonds is 4. The predicted octanol–water partition coefficient (Wildman–Crippen LogP) is 9.37. The second-order valence-corrected chi connectivity index (χ2v) is 9.52. The van der Waals surface area contributed by atoms with E-state index in [9.17, 15) is 0 Å². The first-order chi connectivity index (χ1) is 18.3. The molecular formula is C35H26N2. The van der Waals surface area contributed by atoms with Gasteiger partial charge in [0.15, 0.2) is 0 Å². The highest BCUT2D eigenvalue weighted by Crippen LogP contribution is 2.37. The van der Waals surface area contributed by atoms with Gasteiger partial charge in [0, 0.05) is 34.9 Å². The van der Waals surface area contributed by atoms with Crippen molar-refractivity contribution in [3.8, 4) is 16.8 Å². The van der Waals surface area contributed by atoms with E-state index in [0.717, 1.165) is 17.1 Å². The van der Waals surface area contributed by atoms with E-state index in [1.165, 1.54) is 43.7 Å². The van der Waals surface area contributed by atoms with E-state index in [1.54, 1.807) is 0 Å². The zero-order valence-corrected chi connectivity index (χ0v) is 20.7. The molecule has 0 saturated heterocycles. The van der Waals surface area contributed by atoms with Crippen LogP contribution in [0.25, 0.3) is 49.4 Å². The maximum absolute atomic E-state index is 2.38. The van der Waals surface area contributed by atoms with Gasteiger partial charge in [-0.2, -0.15) is 0 Å². The summed E-state index contributed by atoms with van der Waals surface area (Å²) < 4.78 is 2.38. The highest BCUT2D eigenvalue weighted by molar-refractivity contribution is 6.21. The summed E-state index contributed by atoms with van der Waals surface area (Å²) in [5, 5.41) is 5.17. The third-order valence-corrected chi connectivity index (χ3v) is 7.42. The van der Waals surface area contributed by atoms with E-state index in [4.69, 9.17) is 0 Å². The first kappa shape index (κ1) is 21.5. The van der Waals surface area contributed by atoms with Crippen molar-refractivity contribution in [1.82, 2.24) is 4.57 Å². The van der Waals surface area contributed by atoms with Crippen LogP contribution in [0.5, 0.6) is 0 Å². The summed E-state index contributed by atoms with van der Waals surface area (Å²) in [4.78, 5) is 2.23. The second-order valence-electron chi connectivity index (χ2n) is 9.52. The quantitative estimate of drug-likeness (QED) is 0.247. The normalized spacial score (nSPS) is 11.4. The Morgan fingerprint density at radius 3 is 1.81 bits per heavy atom. The van der Waals surface area contributed by atoms with Gasteiger partial charge in [-0.25, -0.2) is 0 Å². The Hall–Kier alpha value is -4.82. The lowest BCUT2D eigenvalue weighted by Crippen LogP contribution is -2.09. The lowest BCUT2D eigenvalue weighted by atomic mass is 10.0. The third-order valence-electron chi connectivity index (χ3n) is 7.42. The van der Waals surface area contributed by atoms with Crippen LogP contribution in [0, 0.1) is 0 Å². The molecule has 1 heterocycles. The van der Waals surface area contributed by atoms with Crippen molar-refractivity contribution in [3.63, 3.8) is 0 Å². The Morgan fingerprint density at radius 1 is 0.459 bits per heavy atom. The number of benzene rings is 6. The van der Waals surface area contributed by atoms with Crippen molar-refractivity contribution < 1.29 is 0 Å². The largest absolute Gasteiger partial charge is 0.345 e. The van der Waals surface area contributed by atoms with Gasteiger partial charge in [-0.05, 0) is 70.4 Å². The summed E-state index contributed by atoms with van der Waals surface area (Å²) in [6.07, 6.45) is 0. The minimum absolute atomic E-state index is 1.16. The molecule has 0 aliphatic carbocycles. The van der Waals surface area contributed by atoms with Crippen molar-refractivity contribution in [2.75, 3.05) is 11.9 Å². The third kappa shape index (κ3) is 3.57. The van der Waals surface area contributed by atoms with Crippen LogP contribution < -0.4 is 4.90 Å². The zero-order valence-electron chi connectivity index (χ0n) is 20.7. The number of fused-ring (bicyclic) bond motifs is 5. The standard InChI is InChI=1S/C35H26N2/c1-36(28-18-15-26(16-19-28)25-9-3-2-4-10-25)29-20-22-30(23-21-29)37-33-14-8-7-13-32(33)35-31-12-6-5-11-27(31)17-24-34(35)37/h2-24H,1H3. The molecule has 0 atom stereocenters. The van der Waals surface area contributed by atoms with Crippen LogP contribution in [0.1, 0.15) is 0 Å². The van der Waals surface area contributed by atoms with E-state index in [-0.39, 0.29) is 0 Å². The molecule has 1 aromatic heterocycles. The molecule has 0 aliphatic rings. The molecule has 0 N–H and O–H groups in total. The van der Waals surface area contributed by atoms with Gasteiger partial charge in [0.2, 0.25) is 0 Å². The van der Waals surface area contributed by atoms with Gasteiger partial charge < -0.3 is 9.47 Å². The molecule has 0 fully saturated rings. The second kappa shape index (κ2) is 8.69. The van der Waals surface area contributed by atoms with Crippen molar-refractivity contribution in [2.45, 2.75) is 0 Å². The molecule has 7 rings (SSSR count). The van der Waals surface area contributed by atoms with E-state index in [0.29, 0.717) is 0 Å². The van der Waals surface area contributed by atoms with Crippen LogP contribution in [-0.2, 0) is 0 Å². The van der Waals surface area contributed by atoms with Crippen molar-refractivity contribution in [1.29, 1.82) is 0 Å². The average molecular weight is 475 g/mol. The number of anilines is 2. The highest BCUT2D eigenvalue weighted by Gasteiger charge is 2.14. The Balaban J connectivity index is 1.28. The zero-order chi connectivity index (χ0) is 24.8. The van der Waals surface area contributed by atoms with Crippen molar-refractivity contribution in [2.24, 2.45) is 0 Å². The fourth-order valence-electron chi connectivity index (χ4n) is 5.50. The van der Waals surface area contributed by atoms with Crippen LogP contribution in [0.2, 0.25) is 0 Å². The first-order valence-corrected chi connectivity index (χ1v) is 12.7. The molecule has 0 saturated carbocycles. The lowest BCUT2D eigenvalue weighted by Gasteiger charge is -2.20. The van der Waals surface area contributed by atoms with E-state index in [1.807, 2.05) is 0 Å². The van der Waals surface area contributed by atoms with Crippen molar-refractivity contribution in [3.05, 3.63) is 140 Å². The summed E-state index contributed by atoms with van der Waals surface area (Å²) >= 11 is 0. The van der Waals surface area contributed by atoms with E-state index < -0.39 is 0 Å². The number of hydrogen-bond donors (Lipinski definition) is 0. The fourth-order valence-corrected chi connectivity index (χ4v) is 5.50. The fraction of sp³-hybridized carbons (Fsp3) is 0.0286. The monoisotopic (exact) mass is 474 g/mol. The minimum atomic E-state index is 1.16. The van der Waals surface area contributed by atoms with Gasteiger partial charge in [0.1, 0.15) is 0 Å². The Bertz CT molecular complexity index is 1860. The number of hydrogen-bond acceptors (Lipinski definition) is 1. The van der Waals surface area contributed by atoms with Crippen LogP contribution in [0.15, 0.2) is 140 Å². The predicted molar refractivity (Wildman–Crippen MR) is 158 cm³/mol. The number of aromatic nitrogens is 1. The molecule has 7 aromatic rings. The van der Waals surface area contributed by atoms with Crippen molar-refractivity contribution >= 4 is 44.0 Å². The van der Waals surface area contributed by atoms with Crippen LogP contribution in [0.3, 0.4) is 0 Å². The average Bonchev–Trinajstić information content (AvgIpc) is 3.32. The van der Waals surface area contributed by atoms with Gasteiger partial charge in [-0.1, -0.05) is 91.0 Å². The number of nitrogens with zero attached hydrogens (tertiary/aromatic N) is 2. The summed E-state index contributed by atoms with van der Waals surface area (Å²) in [5.74, 6) is 0. The molecule has 2 heteroatoms. The summed E-state index contributed by atoms with van der Waals surface area (Å²) in [7, 11) is 2.12. The molecule has 6 aromatic carbocycles. The molecule has 0 spiro atoms. The lowest BCUT2D eigenvalue weighted by molar-refractivity contribution is 1.16. The Labute approximate surface area is 216 Å². The molecule has 2 nitrogen and oxygen atoms in total. The first-order valence-electron chi connectivity index (χ1n) is 12.7. The summed E-state index contributed by atoms with van der Waals surface area (Å²) in [6, 6.07) is 50.0. The van der Waals surface area contributed by atoms with Gasteiger partial charge >= 0.3 is 0 Å². The molecule has 0 unspecified atom stereocenters. The van der Waals surface area contributed by atoms with E-state index >= 15 is 0 Å². The number of para-hydroxylation sites is 1. The molecule has 0 radical (unpaired) electrons. The molecule has 0 bridgehead atoms. The smallest absolute Gasteiger partial charge is 0.0547 e. The minimum Gasteiger partial charge on any atom is -0.345 e. The SMILES string of the molecule is CN(c1ccc(-c2ccccc2)cc1)c1ccc(-n2c3ccccc3c3c4ccccc4ccc32)cc1. The molecule has 37 heavy (non-hydrogen) atoms. The molecule has 176 valence electrons. The molecule has 0 amide bonds. The van der Waals surface area contributed by atoms with Crippen LogP contribution in [0.4, 0.5) is 11.4 Å². The topological polar surface area (TPSA) is 8.17 Å². The summed E-state index contributed by atoms with van der Waals surface area (Å²) in [5.41, 5.74) is 8.41. The van der Waals surface area contributed by atoms with Gasteiger partial charge in [-0.15, -0.1) is 0 Å². The maximum Gasteiger partial charge on any atom is 0.0547 e. The molecular weight excluding hydrogens is 448 g/mol. The van der Waals surface area contributed by atoms with Gasteiger partial charge in [0.05, 0.1) is 11.0 Å². The highest BCUT2D eigenvalue weighted by atomic mass is 15.1. The van der Waals surface area contributed by atoms with Crippen LogP contribution >= 0.6 is 0 Å². The van der Waals surface area contributed by atoms with Gasteiger partial charge in [-0.3, -0.25) is 0 Å². The maximum atomic E-state index is 2.38. The summed E-state index contributed by atoms with van der Waals surface area (Å²) in [6.45, 7) is 0. The van der Waals surface area contributed by atoms with E-state index in [2.05, 4.69) is 156 Å².